The van der Waals surface area contributed by atoms with E-state index in [9.17, 15) is 0 Å². The van der Waals surface area contributed by atoms with Crippen molar-refractivity contribution in [2.75, 3.05) is 5.32 Å². The van der Waals surface area contributed by atoms with Crippen molar-refractivity contribution in [3.8, 4) is 0 Å². The number of nitrogens with one attached hydrogen (secondary N) is 1. The number of para-hydroxylation sites is 1. The SMILES string of the molecule is NC1CCCC1Nc1ccc2ccccc2n1. The van der Waals surface area contributed by atoms with Gasteiger partial charge in [-0.05, 0) is 37.5 Å². The van der Waals surface area contributed by atoms with E-state index >= 15 is 0 Å². The van der Waals surface area contributed by atoms with E-state index in [1.54, 1.807) is 0 Å². The molecule has 2 aromatic rings. The number of pyridine rings is 1. The van der Waals surface area contributed by atoms with Gasteiger partial charge in [0.05, 0.1) is 5.52 Å². The molecule has 0 radical (unpaired) electrons. The molecule has 2 unspecified atom stereocenters. The fourth-order valence-electron chi connectivity index (χ4n) is 2.50. The van der Waals surface area contributed by atoms with E-state index in [1.165, 1.54) is 11.8 Å². The van der Waals surface area contributed by atoms with Crippen LogP contribution >= 0.6 is 0 Å². The number of benzene rings is 1. The maximum absolute atomic E-state index is 6.05. The second-order valence-electron chi connectivity index (χ2n) is 4.73. The van der Waals surface area contributed by atoms with Gasteiger partial charge in [-0.3, -0.25) is 0 Å². The first-order chi connectivity index (χ1) is 8.33. The van der Waals surface area contributed by atoms with Gasteiger partial charge in [-0.15, -0.1) is 0 Å². The molecule has 88 valence electrons. The third kappa shape index (κ3) is 2.11. The van der Waals surface area contributed by atoms with Crippen molar-refractivity contribution in [1.82, 2.24) is 4.98 Å². The molecule has 1 aliphatic carbocycles. The minimum absolute atomic E-state index is 0.267. The first-order valence-electron chi connectivity index (χ1n) is 6.21. The molecule has 0 amide bonds. The van der Waals surface area contributed by atoms with Crippen molar-refractivity contribution < 1.29 is 0 Å². The summed E-state index contributed by atoms with van der Waals surface area (Å²) in [4.78, 5) is 4.61. The molecule has 0 spiro atoms. The van der Waals surface area contributed by atoms with Crippen LogP contribution in [0.3, 0.4) is 0 Å². The number of anilines is 1. The van der Waals surface area contributed by atoms with Crippen molar-refractivity contribution >= 4 is 16.7 Å². The Balaban J connectivity index is 1.85. The summed E-state index contributed by atoms with van der Waals surface area (Å²) < 4.78 is 0. The Morgan fingerprint density at radius 1 is 1.12 bits per heavy atom. The van der Waals surface area contributed by atoms with Crippen LogP contribution in [-0.4, -0.2) is 17.1 Å². The van der Waals surface area contributed by atoms with Crippen LogP contribution in [0.5, 0.6) is 0 Å². The molecule has 1 aromatic carbocycles. The van der Waals surface area contributed by atoms with Gasteiger partial charge in [-0.1, -0.05) is 18.2 Å². The summed E-state index contributed by atoms with van der Waals surface area (Å²) in [5.74, 6) is 0.936. The average molecular weight is 227 g/mol. The molecule has 1 fully saturated rings. The van der Waals surface area contributed by atoms with E-state index in [0.717, 1.165) is 24.2 Å². The first kappa shape index (κ1) is 10.5. The van der Waals surface area contributed by atoms with Crippen LogP contribution in [-0.2, 0) is 0 Å². The van der Waals surface area contributed by atoms with Crippen LogP contribution in [0.25, 0.3) is 10.9 Å². The van der Waals surface area contributed by atoms with E-state index in [0.29, 0.717) is 6.04 Å². The van der Waals surface area contributed by atoms with E-state index in [-0.39, 0.29) is 6.04 Å². The van der Waals surface area contributed by atoms with Gasteiger partial charge in [0.2, 0.25) is 0 Å². The Morgan fingerprint density at radius 3 is 2.82 bits per heavy atom. The van der Waals surface area contributed by atoms with Gasteiger partial charge in [-0.2, -0.15) is 0 Å². The second-order valence-corrected chi connectivity index (χ2v) is 4.73. The van der Waals surface area contributed by atoms with E-state index in [4.69, 9.17) is 5.73 Å². The summed E-state index contributed by atoms with van der Waals surface area (Å²) in [7, 11) is 0. The Kier molecular flexibility index (Phi) is 2.69. The normalized spacial score (nSPS) is 24.1. The van der Waals surface area contributed by atoms with Crippen molar-refractivity contribution in [2.24, 2.45) is 5.73 Å². The van der Waals surface area contributed by atoms with E-state index in [2.05, 4.69) is 22.4 Å². The van der Waals surface area contributed by atoms with Gasteiger partial charge in [0.1, 0.15) is 5.82 Å². The predicted molar refractivity (Wildman–Crippen MR) is 71.0 cm³/mol. The van der Waals surface area contributed by atoms with Crippen LogP contribution in [0.4, 0.5) is 5.82 Å². The summed E-state index contributed by atoms with van der Waals surface area (Å²) in [5, 5.41) is 4.62. The molecule has 0 aliphatic heterocycles. The molecule has 3 rings (SSSR count). The molecule has 1 aromatic heterocycles. The van der Waals surface area contributed by atoms with Crippen LogP contribution < -0.4 is 11.1 Å². The number of nitrogens with zero attached hydrogens (tertiary/aromatic N) is 1. The summed E-state index contributed by atoms with van der Waals surface area (Å²) in [6.45, 7) is 0. The Bertz CT molecular complexity index is 524. The highest BCUT2D eigenvalue weighted by Crippen LogP contribution is 2.22. The quantitative estimate of drug-likeness (QED) is 0.829. The third-order valence-corrected chi connectivity index (χ3v) is 3.50. The summed E-state index contributed by atoms with van der Waals surface area (Å²) in [5.41, 5.74) is 7.08. The molecule has 3 nitrogen and oxygen atoms in total. The highest BCUT2D eigenvalue weighted by atomic mass is 15.0. The lowest BCUT2D eigenvalue weighted by Gasteiger charge is -2.18. The minimum Gasteiger partial charge on any atom is -0.366 e. The number of hydrogen-bond donors (Lipinski definition) is 2. The van der Waals surface area contributed by atoms with Crippen molar-refractivity contribution in [2.45, 2.75) is 31.3 Å². The summed E-state index contributed by atoms with van der Waals surface area (Å²) >= 11 is 0. The van der Waals surface area contributed by atoms with E-state index in [1.807, 2.05) is 24.3 Å². The minimum atomic E-state index is 0.267. The molecular weight excluding hydrogens is 210 g/mol. The zero-order valence-electron chi connectivity index (χ0n) is 9.76. The second kappa shape index (κ2) is 4.34. The zero-order valence-corrected chi connectivity index (χ0v) is 9.76. The van der Waals surface area contributed by atoms with Crippen molar-refractivity contribution in [3.05, 3.63) is 36.4 Å². The van der Waals surface area contributed by atoms with Gasteiger partial charge in [0.15, 0.2) is 0 Å². The zero-order chi connectivity index (χ0) is 11.7. The fourth-order valence-corrected chi connectivity index (χ4v) is 2.50. The van der Waals surface area contributed by atoms with Gasteiger partial charge >= 0.3 is 0 Å². The third-order valence-electron chi connectivity index (χ3n) is 3.50. The van der Waals surface area contributed by atoms with Crippen molar-refractivity contribution in [3.63, 3.8) is 0 Å². The standard InChI is InChI=1S/C14H17N3/c15-11-5-3-7-13(11)17-14-9-8-10-4-1-2-6-12(10)16-14/h1-2,4,6,8-9,11,13H,3,5,7,15H2,(H,16,17). The smallest absolute Gasteiger partial charge is 0.126 e. The number of rotatable bonds is 2. The van der Waals surface area contributed by atoms with Crippen LogP contribution in [0.2, 0.25) is 0 Å². The molecule has 0 bridgehead atoms. The first-order valence-corrected chi connectivity index (χ1v) is 6.21. The van der Waals surface area contributed by atoms with Crippen LogP contribution in [0, 0.1) is 0 Å². The maximum Gasteiger partial charge on any atom is 0.126 e. The number of fused-ring (bicyclic) bond motifs is 1. The molecular formula is C14H17N3. The average Bonchev–Trinajstić information content (AvgIpc) is 2.75. The largest absolute Gasteiger partial charge is 0.366 e. The molecule has 1 heterocycles. The Morgan fingerprint density at radius 2 is 2.00 bits per heavy atom. The van der Waals surface area contributed by atoms with Gasteiger partial charge in [-0.25, -0.2) is 4.98 Å². The van der Waals surface area contributed by atoms with Crippen molar-refractivity contribution in [1.29, 1.82) is 0 Å². The van der Waals surface area contributed by atoms with Crippen LogP contribution in [0.15, 0.2) is 36.4 Å². The van der Waals surface area contributed by atoms with Gasteiger partial charge < -0.3 is 11.1 Å². The summed E-state index contributed by atoms with van der Waals surface area (Å²) in [6, 6.07) is 12.9. The fraction of sp³-hybridized carbons (Fsp3) is 0.357. The van der Waals surface area contributed by atoms with Gasteiger partial charge in [0.25, 0.3) is 0 Å². The number of aromatic nitrogens is 1. The number of nitrogens with two attached hydrogens (primary N) is 1. The van der Waals surface area contributed by atoms with Gasteiger partial charge in [0, 0.05) is 17.5 Å². The monoisotopic (exact) mass is 227 g/mol. The maximum atomic E-state index is 6.05. The highest BCUT2D eigenvalue weighted by Gasteiger charge is 2.23. The molecule has 17 heavy (non-hydrogen) atoms. The van der Waals surface area contributed by atoms with Crippen LogP contribution in [0.1, 0.15) is 19.3 Å². The molecule has 3 heteroatoms. The lowest BCUT2D eigenvalue weighted by atomic mass is 10.2. The Labute approximate surface area is 101 Å². The molecule has 0 saturated heterocycles. The lowest BCUT2D eigenvalue weighted by molar-refractivity contribution is 0.636. The highest BCUT2D eigenvalue weighted by molar-refractivity contribution is 5.80. The molecule has 1 saturated carbocycles. The Hall–Kier alpha value is -1.61. The predicted octanol–water partition coefficient (Wildman–Crippen LogP) is 2.53. The topological polar surface area (TPSA) is 50.9 Å². The number of hydrogen-bond acceptors (Lipinski definition) is 3. The van der Waals surface area contributed by atoms with E-state index < -0.39 is 0 Å². The molecule has 1 aliphatic rings. The molecule has 3 N–H and O–H groups in total. The summed E-state index contributed by atoms with van der Waals surface area (Å²) in [6.07, 6.45) is 3.48. The molecule has 2 atom stereocenters. The lowest BCUT2D eigenvalue weighted by Crippen LogP contribution is -2.35.